The summed E-state index contributed by atoms with van der Waals surface area (Å²) in [6.07, 6.45) is 0. The number of para-hydroxylation sites is 3. The number of methoxy groups -OCH3 is 1. The number of benzene rings is 3. The van der Waals surface area contributed by atoms with Crippen LogP contribution in [0.15, 0.2) is 72.8 Å². The van der Waals surface area contributed by atoms with E-state index in [0.717, 1.165) is 33.5 Å². The van der Waals surface area contributed by atoms with Gasteiger partial charge in [0, 0.05) is 28.9 Å². The van der Waals surface area contributed by atoms with Gasteiger partial charge < -0.3 is 14.6 Å². The Morgan fingerprint density at radius 1 is 1.00 bits per heavy atom. The molecule has 170 valence electrons. The fourth-order valence-electron chi connectivity index (χ4n) is 5.47. The lowest BCUT2D eigenvalue weighted by Crippen LogP contribution is -2.50. The molecule has 1 fully saturated rings. The molecule has 34 heavy (non-hydrogen) atoms. The second-order valence-corrected chi connectivity index (χ2v) is 9.22. The van der Waals surface area contributed by atoms with Crippen LogP contribution in [0.25, 0.3) is 10.9 Å². The monoisotopic (exact) mass is 471 g/mol. The van der Waals surface area contributed by atoms with Crippen molar-refractivity contribution in [2.45, 2.75) is 18.4 Å². The van der Waals surface area contributed by atoms with Gasteiger partial charge in [-0.05, 0) is 36.8 Å². The Hall–Kier alpha value is -3.77. The predicted octanol–water partition coefficient (Wildman–Crippen LogP) is 5.66. The molecule has 0 radical (unpaired) electrons. The summed E-state index contributed by atoms with van der Waals surface area (Å²) >= 11 is 6.42. The second-order valence-electron chi connectivity index (χ2n) is 8.81. The van der Waals surface area contributed by atoms with Crippen LogP contribution in [-0.4, -0.2) is 35.5 Å². The molecule has 2 atom stereocenters. The van der Waals surface area contributed by atoms with Gasteiger partial charge in [-0.1, -0.05) is 60.1 Å². The zero-order valence-electron chi connectivity index (χ0n) is 18.7. The molecule has 1 aromatic heterocycles. The van der Waals surface area contributed by atoms with Gasteiger partial charge in [-0.2, -0.15) is 0 Å². The first-order valence-corrected chi connectivity index (χ1v) is 11.5. The van der Waals surface area contributed by atoms with E-state index in [2.05, 4.69) is 11.1 Å². The van der Waals surface area contributed by atoms with Crippen LogP contribution in [-0.2, 0) is 10.3 Å². The van der Waals surface area contributed by atoms with Crippen molar-refractivity contribution in [2.75, 3.05) is 18.6 Å². The number of nitrogens with one attached hydrogen (secondary N) is 1. The van der Waals surface area contributed by atoms with Crippen LogP contribution in [0.3, 0.4) is 0 Å². The number of imide groups is 1. The molecule has 0 bridgehead atoms. The summed E-state index contributed by atoms with van der Waals surface area (Å²) in [7, 11) is 1.64. The Kier molecular flexibility index (Phi) is 4.51. The molecule has 1 saturated heterocycles. The molecule has 7 heteroatoms. The molecule has 2 aliphatic rings. The molecular weight excluding hydrogens is 450 g/mol. The summed E-state index contributed by atoms with van der Waals surface area (Å²) < 4.78 is 5.68. The minimum Gasteiger partial charge on any atom is -0.496 e. The molecule has 1 N–H and O–H groups in total. The SMILES string of the molecule is COc1ccccc1[C@H]1CN2C(=O)N(c3ccccc3Cl)C(=O)[C@]2(C)c2[nH]c3ccccc3c21. The molecule has 6 rings (SSSR count). The number of fused-ring (bicyclic) bond motifs is 5. The standard InChI is InChI=1S/C27H22ClN3O3/c1-27-24-23(17-10-3-6-12-20(17)29-24)18(16-9-4-8-14-22(16)34-2)15-30(27)26(33)31(25(27)32)21-13-7-5-11-19(21)28/h3-14,18,29H,15H2,1-2H3/t18-,27+/m1/s1. The van der Waals surface area contributed by atoms with Gasteiger partial charge in [0.05, 0.1) is 23.5 Å². The van der Waals surface area contributed by atoms with Gasteiger partial charge in [0.2, 0.25) is 0 Å². The molecule has 0 aliphatic carbocycles. The number of hydrogen-bond acceptors (Lipinski definition) is 3. The Balaban J connectivity index is 1.62. The highest BCUT2D eigenvalue weighted by atomic mass is 35.5. The van der Waals surface area contributed by atoms with Crippen molar-refractivity contribution in [2.24, 2.45) is 0 Å². The summed E-state index contributed by atoms with van der Waals surface area (Å²) in [6.45, 7) is 2.15. The minimum atomic E-state index is -1.19. The number of carbonyl (C=O) groups is 2. The van der Waals surface area contributed by atoms with Crippen LogP contribution in [0.2, 0.25) is 5.02 Å². The number of aromatic amines is 1. The minimum absolute atomic E-state index is 0.182. The number of H-pyrrole nitrogens is 1. The zero-order chi connectivity index (χ0) is 23.6. The van der Waals surface area contributed by atoms with E-state index in [1.165, 1.54) is 4.90 Å². The Morgan fingerprint density at radius 2 is 1.71 bits per heavy atom. The highest BCUT2D eigenvalue weighted by Crippen LogP contribution is 2.51. The van der Waals surface area contributed by atoms with Gasteiger partial charge >= 0.3 is 6.03 Å². The molecule has 3 aromatic carbocycles. The van der Waals surface area contributed by atoms with Gasteiger partial charge in [0.25, 0.3) is 5.91 Å². The van der Waals surface area contributed by atoms with Crippen molar-refractivity contribution in [1.82, 2.24) is 9.88 Å². The van der Waals surface area contributed by atoms with Crippen molar-refractivity contribution in [1.29, 1.82) is 0 Å². The van der Waals surface area contributed by atoms with E-state index in [4.69, 9.17) is 16.3 Å². The lowest BCUT2D eigenvalue weighted by atomic mass is 9.78. The Bertz CT molecular complexity index is 1480. The van der Waals surface area contributed by atoms with Gasteiger partial charge in [-0.3, -0.25) is 4.79 Å². The van der Waals surface area contributed by atoms with Crippen LogP contribution in [0.4, 0.5) is 10.5 Å². The molecule has 3 amide bonds. The van der Waals surface area contributed by atoms with E-state index < -0.39 is 5.54 Å². The van der Waals surface area contributed by atoms with E-state index in [1.807, 2.05) is 49.4 Å². The molecule has 6 nitrogen and oxygen atoms in total. The Labute approximate surface area is 201 Å². The first-order chi connectivity index (χ1) is 16.5. The van der Waals surface area contributed by atoms with E-state index in [0.29, 0.717) is 17.3 Å². The fraction of sp³-hybridized carbons (Fsp3) is 0.185. The Morgan fingerprint density at radius 3 is 2.50 bits per heavy atom. The number of anilines is 1. The fourth-order valence-corrected chi connectivity index (χ4v) is 5.69. The summed E-state index contributed by atoms with van der Waals surface area (Å²) in [5.74, 6) is 0.239. The number of amides is 3. The average molecular weight is 472 g/mol. The molecule has 2 aliphatic heterocycles. The van der Waals surface area contributed by atoms with Gasteiger partial charge in [-0.15, -0.1) is 0 Å². The summed E-state index contributed by atoms with van der Waals surface area (Å²) in [5, 5.41) is 1.39. The smallest absolute Gasteiger partial charge is 0.332 e. The van der Waals surface area contributed by atoms with Crippen LogP contribution in [0.5, 0.6) is 5.75 Å². The number of nitrogens with zero attached hydrogens (tertiary/aromatic N) is 2. The van der Waals surface area contributed by atoms with Gasteiger partial charge in [0.1, 0.15) is 5.75 Å². The molecule has 3 heterocycles. The van der Waals surface area contributed by atoms with Crippen LogP contribution in [0, 0.1) is 0 Å². The number of halogens is 1. The quantitative estimate of drug-likeness (QED) is 0.392. The number of urea groups is 1. The molecular formula is C27H22ClN3O3. The van der Waals surface area contributed by atoms with Gasteiger partial charge in [-0.25, -0.2) is 9.69 Å². The van der Waals surface area contributed by atoms with E-state index >= 15 is 0 Å². The maximum absolute atomic E-state index is 14.0. The molecule has 0 unspecified atom stereocenters. The first kappa shape index (κ1) is 20.8. The highest BCUT2D eigenvalue weighted by Gasteiger charge is 2.61. The third-order valence-corrected chi connectivity index (χ3v) is 7.46. The number of carbonyl (C=O) groups excluding carboxylic acids is 2. The third-order valence-electron chi connectivity index (χ3n) is 7.14. The third kappa shape index (κ3) is 2.63. The largest absolute Gasteiger partial charge is 0.496 e. The van der Waals surface area contributed by atoms with E-state index in [-0.39, 0.29) is 17.9 Å². The topological polar surface area (TPSA) is 65.6 Å². The van der Waals surface area contributed by atoms with Crippen LogP contribution >= 0.6 is 11.6 Å². The average Bonchev–Trinajstić information content (AvgIpc) is 3.34. The maximum atomic E-state index is 14.0. The van der Waals surface area contributed by atoms with Crippen molar-refractivity contribution < 1.29 is 14.3 Å². The van der Waals surface area contributed by atoms with Crippen molar-refractivity contribution in [3.8, 4) is 5.75 Å². The predicted molar refractivity (Wildman–Crippen MR) is 132 cm³/mol. The first-order valence-electron chi connectivity index (χ1n) is 11.1. The lowest BCUT2D eigenvalue weighted by Gasteiger charge is -2.40. The van der Waals surface area contributed by atoms with Crippen LogP contribution < -0.4 is 9.64 Å². The summed E-state index contributed by atoms with van der Waals surface area (Å²) in [5.41, 5.74) is 2.83. The maximum Gasteiger partial charge on any atom is 0.332 e. The van der Waals surface area contributed by atoms with Crippen LogP contribution in [0.1, 0.15) is 29.7 Å². The summed E-state index contributed by atoms with van der Waals surface area (Å²) in [6, 6.07) is 22.4. The van der Waals surface area contributed by atoms with Gasteiger partial charge in [0.15, 0.2) is 5.54 Å². The normalized spacial score (nSPS) is 21.7. The number of hydrogen-bond donors (Lipinski definition) is 1. The van der Waals surface area contributed by atoms with Crippen molar-refractivity contribution in [3.63, 3.8) is 0 Å². The molecule has 0 spiro atoms. The lowest BCUT2D eigenvalue weighted by molar-refractivity contribution is -0.125. The summed E-state index contributed by atoms with van der Waals surface area (Å²) in [4.78, 5) is 34.1. The highest BCUT2D eigenvalue weighted by molar-refractivity contribution is 6.36. The number of ether oxygens (including phenoxy) is 1. The zero-order valence-corrected chi connectivity index (χ0v) is 19.5. The van der Waals surface area contributed by atoms with Crippen molar-refractivity contribution >= 4 is 40.1 Å². The second kappa shape index (κ2) is 7.37. The number of rotatable bonds is 3. The van der Waals surface area contributed by atoms with E-state index in [1.54, 1.807) is 36.3 Å². The van der Waals surface area contributed by atoms with Crippen molar-refractivity contribution in [3.05, 3.63) is 94.6 Å². The molecule has 0 saturated carbocycles. The van der Waals surface area contributed by atoms with E-state index in [9.17, 15) is 9.59 Å². The molecule has 4 aromatic rings. The number of aromatic nitrogens is 1.